The van der Waals surface area contributed by atoms with Gasteiger partial charge in [0.1, 0.15) is 6.04 Å². The van der Waals surface area contributed by atoms with Crippen molar-refractivity contribution in [2.45, 2.75) is 72.4 Å². The summed E-state index contributed by atoms with van der Waals surface area (Å²) in [5, 5.41) is 2.85. The van der Waals surface area contributed by atoms with Crippen molar-refractivity contribution in [2.24, 2.45) is 11.8 Å². The highest BCUT2D eigenvalue weighted by molar-refractivity contribution is 5.95. The first-order chi connectivity index (χ1) is 9.36. The summed E-state index contributed by atoms with van der Waals surface area (Å²) in [6.07, 6.45) is 4.16. The van der Waals surface area contributed by atoms with E-state index in [1.54, 1.807) is 4.90 Å². The molecule has 1 aliphatic heterocycles. The molecule has 1 N–H and O–H groups in total. The number of hydrogen-bond donors (Lipinski definition) is 1. The summed E-state index contributed by atoms with van der Waals surface area (Å²) in [7, 11) is 0. The molecule has 0 aromatic rings. The molecule has 3 atom stereocenters. The molecular weight excluding hydrogens is 252 g/mol. The van der Waals surface area contributed by atoms with Gasteiger partial charge in [-0.1, -0.05) is 47.0 Å². The second-order valence-electron chi connectivity index (χ2n) is 6.57. The van der Waals surface area contributed by atoms with E-state index in [9.17, 15) is 9.59 Å². The SMILES string of the molecule is CCC(C)C1NC(=O)CN(C(C)CCCC(C)C)C1=O. The Hall–Kier alpha value is -1.06. The van der Waals surface area contributed by atoms with E-state index in [4.69, 9.17) is 0 Å². The molecule has 0 radical (unpaired) electrons. The van der Waals surface area contributed by atoms with Gasteiger partial charge in [0.2, 0.25) is 11.8 Å². The van der Waals surface area contributed by atoms with Crippen LogP contribution in [0, 0.1) is 11.8 Å². The summed E-state index contributed by atoms with van der Waals surface area (Å²) >= 11 is 0. The van der Waals surface area contributed by atoms with E-state index in [2.05, 4.69) is 33.0 Å². The lowest BCUT2D eigenvalue weighted by atomic mass is 9.94. The standard InChI is InChI=1S/C16H30N2O2/c1-6-12(4)15-16(20)18(10-14(19)17-15)13(5)9-7-8-11(2)3/h11-13,15H,6-10H2,1-5H3,(H,17,19). The maximum Gasteiger partial charge on any atom is 0.246 e. The summed E-state index contributed by atoms with van der Waals surface area (Å²) in [5.74, 6) is 0.953. The van der Waals surface area contributed by atoms with Crippen LogP contribution in [-0.2, 0) is 9.59 Å². The van der Waals surface area contributed by atoms with Crippen molar-refractivity contribution >= 4 is 11.8 Å². The van der Waals surface area contributed by atoms with Gasteiger partial charge >= 0.3 is 0 Å². The predicted octanol–water partition coefficient (Wildman–Crippen LogP) is 2.57. The number of rotatable bonds is 7. The number of carbonyl (C=O) groups excluding carboxylic acids is 2. The maximum absolute atomic E-state index is 12.5. The molecular formula is C16H30N2O2. The Morgan fingerprint density at radius 2 is 1.85 bits per heavy atom. The van der Waals surface area contributed by atoms with E-state index in [1.807, 2.05) is 6.92 Å². The van der Waals surface area contributed by atoms with Crippen molar-refractivity contribution in [3.63, 3.8) is 0 Å². The van der Waals surface area contributed by atoms with Gasteiger partial charge in [0.05, 0.1) is 6.54 Å². The Morgan fingerprint density at radius 3 is 2.40 bits per heavy atom. The fraction of sp³-hybridized carbons (Fsp3) is 0.875. The van der Waals surface area contributed by atoms with Crippen LogP contribution in [0.5, 0.6) is 0 Å². The lowest BCUT2D eigenvalue weighted by molar-refractivity contribution is -0.148. The van der Waals surface area contributed by atoms with E-state index in [0.29, 0.717) is 5.92 Å². The van der Waals surface area contributed by atoms with Gasteiger partial charge in [0.25, 0.3) is 0 Å². The minimum absolute atomic E-state index is 0.0226. The van der Waals surface area contributed by atoms with Gasteiger partial charge < -0.3 is 10.2 Å². The average molecular weight is 282 g/mol. The first-order valence-electron chi connectivity index (χ1n) is 7.96. The molecule has 0 saturated carbocycles. The molecule has 1 fully saturated rings. The zero-order valence-electron chi connectivity index (χ0n) is 13.6. The van der Waals surface area contributed by atoms with Crippen LogP contribution in [0.3, 0.4) is 0 Å². The van der Waals surface area contributed by atoms with E-state index in [0.717, 1.165) is 19.3 Å². The molecule has 1 rings (SSSR count). The molecule has 4 heteroatoms. The third kappa shape index (κ3) is 4.50. The van der Waals surface area contributed by atoms with E-state index in [1.165, 1.54) is 6.42 Å². The van der Waals surface area contributed by atoms with Gasteiger partial charge in [0, 0.05) is 6.04 Å². The molecule has 4 nitrogen and oxygen atoms in total. The Balaban J connectivity index is 2.62. The first kappa shape index (κ1) is 17.0. The number of nitrogens with zero attached hydrogens (tertiary/aromatic N) is 1. The summed E-state index contributed by atoms with van der Waals surface area (Å²) in [4.78, 5) is 26.1. The number of nitrogens with one attached hydrogen (secondary N) is 1. The fourth-order valence-corrected chi connectivity index (χ4v) is 2.66. The van der Waals surface area contributed by atoms with E-state index >= 15 is 0 Å². The lowest BCUT2D eigenvalue weighted by Crippen LogP contribution is -2.62. The van der Waals surface area contributed by atoms with Crippen LogP contribution >= 0.6 is 0 Å². The number of amides is 2. The molecule has 116 valence electrons. The summed E-state index contributed by atoms with van der Waals surface area (Å²) in [6.45, 7) is 10.8. The largest absolute Gasteiger partial charge is 0.342 e. The summed E-state index contributed by atoms with van der Waals surface area (Å²) < 4.78 is 0. The molecule has 1 saturated heterocycles. The molecule has 1 aliphatic rings. The number of carbonyl (C=O) groups is 2. The summed E-state index contributed by atoms with van der Waals surface area (Å²) in [6, 6.07) is -0.187. The molecule has 0 aromatic carbocycles. The van der Waals surface area contributed by atoms with Crippen LogP contribution in [0.4, 0.5) is 0 Å². The molecule has 2 amide bonds. The van der Waals surface area contributed by atoms with Gasteiger partial charge in [-0.25, -0.2) is 0 Å². The van der Waals surface area contributed by atoms with Crippen molar-refractivity contribution in [1.29, 1.82) is 0 Å². The van der Waals surface area contributed by atoms with Crippen molar-refractivity contribution in [3.8, 4) is 0 Å². The third-order valence-corrected chi connectivity index (χ3v) is 4.33. The van der Waals surface area contributed by atoms with Crippen LogP contribution in [0.2, 0.25) is 0 Å². The monoisotopic (exact) mass is 282 g/mol. The molecule has 0 aliphatic carbocycles. The topological polar surface area (TPSA) is 49.4 Å². The fourth-order valence-electron chi connectivity index (χ4n) is 2.66. The molecule has 20 heavy (non-hydrogen) atoms. The van der Waals surface area contributed by atoms with Crippen molar-refractivity contribution in [3.05, 3.63) is 0 Å². The second kappa shape index (κ2) is 7.65. The van der Waals surface area contributed by atoms with Gasteiger partial charge in [-0.15, -0.1) is 0 Å². The zero-order valence-corrected chi connectivity index (χ0v) is 13.6. The zero-order chi connectivity index (χ0) is 15.3. The Bertz CT molecular complexity index is 341. The van der Waals surface area contributed by atoms with Gasteiger partial charge in [-0.05, 0) is 25.2 Å². The molecule has 0 bridgehead atoms. The minimum Gasteiger partial charge on any atom is -0.342 e. The van der Waals surface area contributed by atoms with E-state index < -0.39 is 0 Å². The van der Waals surface area contributed by atoms with Crippen LogP contribution in [0.15, 0.2) is 0 Å². The Morgan fingerprint density at radius 1 is 1.20 bits per heavy atom. The molecule has 3 unspecified atom stereocenters. The van der Waals surface area contributed by atoms with Crippen molar-refractivity contribution in [1.82, 2.24) is 10.2 Å². The van der Waals surface area contributed by atoms with Crippen molar-refractivity contribution < 1.29 is 9.59 Å². The third-order valence-electron chi connectivity index (χ3n) is 4.33. The highest BCUT2D eigenvalue weighted by Crippen LogP contribution is 2.19. The van der Waals surface area contributed by atoms with Gasteiger partial charge in [-0.3, -0.25) is 9.59 Å². The minimum atomic E-state index is -0.339. The Kier molecular flexibility index (Phi) is 6.50. The second-order valence-corrected chi connectivity index (χ2v) is 6.57. The van der Waals surface area contributed by atoms with Crippen LogP contribution in [-0.4, -0.2) is 35.3 Å². The maximum atomic E-state index is 12.5. The van der Waals surface area contributed by atoms with Gasteiger partial charge in [0.15, 0.2) is 0 Å². The number of hydrogen-bond acceptors (Lipinski definition) is 2. The summed E-state index contributed by atoms with van der Waals surface area (Å²) in [5.41, 5.74) is 0. The van der Waals surface area contributed by atoms with Gasteiger partial charge in [-0.2, -0.15) is 0 Å². The normalized spacial score (nSPS) is 22.9. The van der Waals surface area contributed by atoms with Crippen LogP contribution in [0.25, 0.3) is 0 Å². The molecule has 0 spiro atoms. The Labute approximate surface area is 123 Å². The predicted molar refractivity (Wildman–Crippen MR) is 81.2 cm³/mol. The lowest BCUT2D eigenvalue weighted by Gasteiger charge is -2.38. The highest BCUT2D eigenvalue weighted by Gasteiger charge is 2.37. The molecule has 0 aromatic heterocycles. The quantitative estimate of drug-likeness (QED) is 0.780. The van der Waals surface area contributed by atoms with Crippen LogP contribution < -0.4 is 5.32 Å². The smallest absolute Gasteiger partial charge is 0.246 e. The van der Waals surface area contributed by atoms with Crippen LogP contribution in [0.1, 0.15) is 60.3 Å². The number of piperazine rings is 1. The highest BCUT2D eigenvalue weighted by atomic mass is 16.2. The molecule has 1 heterocycles. The van der Waals surface area contributed by atoms with E-state index in [-0.39, 0.29) is 36.4 Å². The first-order valence-corrected chi connectivity index (χ1v) is 7.96. The van der Waals surface area contributed by atoms with Crippen molar-refractivity contribution in [2.75, 3.05) is 6.54 Å². The average Bonchev–Trinajstić information content (AvgIpc) is 2.39.